The zero-order chi connectivity index (χ0) is 17.6. The van der Waals surface area contributed by atoms with E-state index in [0.717, 1.165) is 24.7 Å². The fourth-order valence-electron chi connectivity index (χ4n) is 2.18. The predicted octanol–water partition coefficient (Wildman–Crippen LogP) is 2.56. The van der Waals surface area contributed by atoms with Crippen LogP contribution in [0.1, 0.15) is 22.3 Å². The summed E-state index contributed by atoms with van der Waals surface area (Å²) in [4.78, 5) is 11.8. The fourth-order valence-corrected chi connectivity index (χ4v) is 2.74. The van der Waals surface area contributed by atoms with Crippen LogP contribution in [-0.2, 0) is 16.4 Å². The van der Waals surface area contributed by atoms with E-state index in [2.05, 4.69) is 10.0 Å². The van der Waals surface area contributed by atoms with Gasteiger partial charge in [-0.3, -0.25) is 9.52 Å². The summed E-state index contributed by atoms with van der Waals surface area (Å²) < 4.78 is 37.7. The number of carbonyl (C=O) groups excluding carboxylic acids is 1. The molecule has 0 radical (unpaired) electrons. The Morgan fingerprint density at radius 1 is 1.12 bits per heavy atom. The Labute approximate surface area is 141 Å². The highest BCUT2D eigenvalue weighted by Crippen LogP contribution is 2.12. The van der Waals surface area contributed by atoms with E-state index in [4.69, 9.17) is 0 Å². The summed E-state index contributed by atoms with van der Waals surface area (Å²) in [6.45, 7) is 0.471. The van der Waals surface area contributed by atoms with Gasteiger partial charge in [0.05, 0.1) is 6.26 Å². The molecule has 24 heavy (non-hydrogen) atoms. The Kier molecular flexibility index (Phi) is 5.92. The zero-order valence-electron chi connectivity index (χ0n) is 13.3. The van der Waals surface area contributed by atoms with Crippen LogP contribution in [0.3, 0.4) is 0 Å². The lowest BCUT2D eigenvalue weighted by molar-refractivity contribution is 0.0952. The topological polar surface area (TPSA) is 75.3 Å². The molecule has 2 rings (SSSR count). The quantitative estimate of drug-likeness (QED) is 0.754. The first-order valence-corrected chi connectivity index (χ1v) is 9.33. The van der Waals surface area contributed by atoms with Crippen LogP contribution in [0.15, 0.2) is 48.5 Å². The second-order valence-electron chi connectivity index (χ2n) is 5.44. The maximum atomic E-state index is 13.0. The molecule has 0 aromatic heterocycles. The Hall–Kier alpha value is -2.41. The minimum absolute atomic E-state index is 0.297. The molecule has 0 saturated heterocycles. The summed E-state index contributed by atoms with van der Waals surface area (Å²) in [7, 11) is -3.27. The van der Waals surface area contributed by atoms with Gasteiger partial charge in [-0.2, -0.15) is 0 Å². The van der Waals surface area contributed by atoms with Crippen LogP contribution >= 0.6 is 0 Å². The summed E-state index contributed by atoms with van der Waals surface area (Å²) in [5, 5.41) is 2.74. The van der Waals surface area contributed by atoms with E-state index in [1.807, 2.05) is 12.1 Å². The molecule has 2 N–H and O–H groups in total. The van der Waals surface area contributed by atoms with Crippen molar-refractivity contribution in [2.24, 2.45) is 0 Å². The lowest BCUT2D eigenvalue weighted by atomic mass is 10.1. The molecule has 0 fully saturated rings. The molecule has 0 spiro atoms. The Bertz CT molecular complexity index is 805. The van der Waals surface area contributed by atoms with Gasteiger partial charge in [0.25, 0.3) is 5.91 Å². The van der Waals surface area contributed by atoms with E-state index in [1.54, 1.807) is 18.2 Å². The Morgan fingerprint density at radius 3 is 2.46 bits per heavy atom. The number of benzene rings is 2. The average molecular weight is 350 g/mol. The van der Waals surface area contributed by atoms with Crippen molar-refractivity contribution in [3.63, 3.8) is 0 Å². The third kappa shape index (κ3) is 6.00. The van der Waals surface area contributed by atoms with Crippen LogP contribution < -0.4 is 10.0 Å². The van der Waals surface area contributed by atoms with Gasteiger partial charge in [-0.15, -0.1) is 0 Å². The highest BCUT2D eigenvalue weighted by atomic mass is 32.2. The number of carbonyl (C=O) groups is 1. The molecule has 7 heteroatoms. The molecule has 0 atom stereocenters. The lowest BCUT2D eigenvalue weighted by Gasteiger charge is -2.07. The monoisotopic (exact) mass is 350 g/mol. The van der Waals surface area contributed by atoms with E-state index in [9.17, 15) is 17.6 Å². The third-order valence-electron chi connectivity index (χ3n) is 3.27. The lowest BCUT2D eigenvalue weighted by Crippen LogP contribution is -2.24. The number of aryl methyl sites for hydroxylation is 1. The molecule has 0 aliphatic rings. The second kappa shape index (κ2) is 7.92. The second-order valence-corrected chi connectivity index (χ2v) is 7.19. The number of halogens is 1. The molecule has 5 nitrogen and oxygen atoms in total. The summed E-state index contributed by atoms with van der Waals surface area (Å²) >= 11 is 0. The van der Waals surface area contributed by atoms with Crippen molar-refractivity contribution in [3.8, 4) is 0 Å². The summed E-state index contributed by atoms with van der Waals surface area (Å²) in [6.07, 6.45) is 2.56. The van der Waals surface area contributed by atoms with Gasteiger partial charge in [0.2, 0.25) is 10.0 Å². The molecule has 2 aromatic rings. The largest absolute Gasteiger partial charge is 0.352 e. The fraction of sp³-hybridized carbons (Fsp3) is 0.235. The van der Waals surface area contributed by atoms with Crippen LogP contribution in [0.2, 0.25) is 0 Å². The van der Waals surface area contributed by atoms with Crippen molar-refractivity contribution >= 4 is 21.6 Å². The van der Waals surface area contributed by atoms with Gasteiger partial charge in [-0.05, 0) is 48.7 Å². The van der Waals surface area contributed by atoms with Gasteiger partial charge in [-0.25, -0.2) is 12.8 Å². The van der Waals surface area contributed by atoms with Crippen molar-refractivity contribution in [3.05, 3.63) is 65.5 Å². The number of nitrogens with one attached hydrogen (secondary N) is 2. The number of anilines is 1. The number of amides is 1. The molecule has 1 amide bonds. The molecule has 0 aliphatic carbocycles. The molecule has 128 valence electrons. The van der Waals surface area contributed by atoms with Gasteiger partial charge in [0.1, 0.15) is 5.82 Å². The number of hydrogen-bond donors (Lipinski definition) is 2. The van der Waals surface area contributed by atoms with Gasteiger partial charge >= 0.3 is 0 Å². The van der Waals surface area contributed by atoms with Crippen molar-refractivity contribution in [1.29, 1.82) is 0 Å². The smallest absolute Gasteiger partial charge is 0.251 e. The first-order chi connectivity index (χ1) is 11.3. The van der Waals surface area contributed by atoms with Gasteiger partial charge in [0, 0.05) is 17.8 Å². The molecule has 0 aliphatic heterocycles. The SMILES string of the molecule is CS(=O)(=O)Nc1ccc(CCCNC(=O)c2cccc(F)c2)cc1. The molecule has 0 heterocycles. The maximum Gasteiger partial charge on any atom is 0.251 e. The van der Waals surface area contributed by atoms with Crippen molar-refractivity contribution in [1.82, 2.24) is 5.32 Å². The molecule has 0 saturated carbocycles. The van der Waals surface area contributed by atoms with Gasteiger partial charge < -0.3 is 5.32 Å². The average Bonchev–Trinajstić information content (AvgIpc) is 2.51. The predicted molar refractivity (Wildman–Crippen MR) is 92.0 cm³/mol. The molecule has 0 bridgehead atoms. The molecule has 2 aromatic carbocycles. The van der Waals surface area contributed by atoms with Crippen molar-refractivity contribution in [2.45, 2.75) is 12.8 Å². The summed E-state index contributed by atoms with van der Waals surface area (Å²) in [5.74, 6) is -0.743. The minimum Gasteiger partial charge on any atom is -0.352 e. The highest BCUT2D eigenvalue weighted by Gasteiger charge is 2.05. The van der Waals surface area contributed by atoms with E-state index in [-0.39, 0.29) is 5.91 Å². The van der Waals surface area contributed by atoms with Crippen molar-refractivity contribution < 1.29 is 17.6 Å². The van der Waals surface area contributed by atoms with E-state index >= 15 is 0 Å². The summed E-state index contributed by atoms with van der Waals surface area (Å²) in [6, 6.07) is 12.6. The van der Waals surface area contributed by atoms with E-state index in [1.165, 1.54) is 18.2 Å². The van der Waals surface area contributed by atoms with Crippen LogP contribution in [0.25, 0.3) is 0 Å². The molecular weight excluding hydrogens is 331 g/mol. The number of rotatable bonds is 7. The van der Waals surface area contributed by atoms with Crippen LogP contribution in [0.5, 0.6) is 0 Å². The van der Waals surface area contributed by atoms with Crippen LogP contribution in [0, 0.1) is 5.82 Å². The maximum absolute atomic E-state index is 13.0. The minimum atomic E-state index is -3.27. The standard InChI is InChI=1S/C17H19FN2O3S/c1-24(22,23)20-16-9-7-13(8-10-16)4-3-11-19-17(21)14-5-2-6-15(18)12-14/h2,5-10,12,20H,3-4,11H2,1H3,(H,19,21). The Balaban J connectivity index is 1.77. The highest BCUT2D eigenvalue weighted by molar-refractivity contribution is 7.92. The number of sulfonamides is 1. The van der Waals surface area contributed by atoms with E-state index in [0.29, 0.717) is 17.8 Å². The van der Waals surface area contributed by atoms with Gasteiger partial charge in [0.15, 0.2) is 0 Å². The van der Waals surface area contributed by atoms with E-state index < -0.39 is 15.8 Å². The Morgan fingerprint density at radius 2 is 1.83 bits per heavy atom. The zero-order valence-corrected chi connectivity index (χ0v) is 14.1. The van der Waals surface area contributed by atoms with Crippen LogP contribution in [0.4, 0.5) is 10.1 Å². The van der Waals surface area contributed by atoms with Crippen LogP contribution in [-0.4, -0.2) is 27.1 Å². The number of hydrogen-bond acceptors (Lipinski definition) is 3. The first kappa shape index (κ1) is 17.9. The van der Waals surface area contributed by atoms with Crippen molar-refractivity contribution in [2.75, 3.05) is 17.5 Å². The summed E-state index contributed by atoms with van der Waals surface area (Å²) in [5.41, 5.74) is 1.85. The first-order valence-electron chi connectivity index (χ1n) is 7.44. The van der Waals surface area contributed by atoms with Gasteiger partial charge in [-0.1, -0.05) is 18.2 Å². The molecule has 0 unspecified atom stereocenters. The third-order valence-corrected chi connectivity index (χ3v) is 3.88. The normalized spacial score (nSPS) is 11.1. The molecular formula is C17H19FN2O3S.